The monoisotopic (exact) mass is 413 g/mol. The first kappa shape index (κ1) is 20.0. The summed E-state index contributed by atoms with van der Waals surface area (Å²) in [6, 6.07) is 6.61. The van der Waals surface area contributed by atoms with Crippen molar-refractivity contribution >= 4 is 5.96 Å². The molecule has 0 radical (unpaired) electrons. The van der Waals surface area contributed by atoms with Crippen molar-refractivity contribution < 1.29 is 14.2 Å². The lowest BCUT2D eigenvalue weighted by Gasteiger charge is -2.63. The molecule has 0 aromatic heterocycles. The molecule has 5 rings (SSSR count). The summed E-state index contributed by atoms with van der Waals surface area (Å²) >= 11 is 0. The zero-order valence-corrected chi connectivity index (χ0v) is 18.3. The fourth-order valence-corrected chi connectivity index (χ4v) is 6.14. The first-order chi connectivity index (χ1) is 14.7. The van der Waals surface area contributed by atoms with Gasteiger partial charge >= 0.3 is 0 Å². The Morgan fingerprint density at radius 3 is 2.73 bits per heavy atom. The maximum atomic E-state index is 6.38. The van der Waals surface area contributed by atoms with Gasteiger partial charge in [-0.1, -0.05) is 18.6 Å². The van der Waals surface area contributed by atoms with Gasteiger partial charge in [-0.3, -0.25) is 4.99 Å². The highest BCUT2D eigenvalue weighted by Crippen LogP contribution is 2.62. The van der Waals surface area contributed by atoms with Gasteiger partial charge in [0.15, 0.2) is 17.5 Å². The van der Waals surface area contributed by atoms with Crippen LogP contribution >= 0.6 is 0 Å². The number of guanidine groups is 1. The Morgan fingerprint density at radius 1 is 1.20 bits per heavy atom. The normalized spacial score (nSPS) is 29.8. The van der Waals surface area contributed by atoms with E-state index in [2.05, 4.69) is 21.7 Å². The Morgan fingerprint density at radius 2 is 2.03 bits per heavy atom. The first-order valence-corrected chi connectivity index (χ1v) is 11.7. The highest BCUT2D eigenvalue weighted by molar-refractivity contribution is 5.80. The van der Waals surface area contributed by atoms with E-state index in [1.165, 1.54) is 32.1 Å². The molecule has 1 aliphatic heterocycles. The van der Waals surface area contributed by atoms with Crippen LogP contribution in [-0.2, 0) is 11.3 Å². The number of hydrogen-bond donors (Lipinski definition) is 2. The van der Waals surface area contributed by atoms with Gasteiger partial charge in [0.25, 0.3) is 0 Å². The van der Waals surface area contributed by atoms with Gasteiger partial charge in [-0.25, -0.2) is 0 Å². The Labute approximate surface area is 179 Å². The molecule has 6 heteroatoms. The molecular formula is C24H35N3O3. The quantitative estimate of drug-likeness (QED) is 0.551. The number of nitrogens with zero attached hydrogens (tertiary/aromatic N) is 1. The Kier molecular flexibility index (Phi) is 5.52. The van der Waals surface area contributed by atoms with Crippen LogP contribution in [-0.4, -0.2) is 45.0 Å². The number of methoxy groups -OCH3 is 1. The lowest BCUT2D eigenvalue weighted by atomic mass is 9.46. The summed E-state index contributed by atoms with van der Waals surface area (Å²) < 4.78 is 18.0. The van der Waals surface area contributed by atoms with Crippen molar-refractivity contribution in [2.75, 3.05) is 20.8 Å². The third kappa shape index (κ3) is 3.33. The molecule has 3 saturated carbocycles. The van der Waals surface area contributed by atoms with E-state index in [0.29, 0.717) is 36.1 Å². The molecule has 1 saturated heterocycles. The highest BCUT2D eigenvalue weighted by atomic mass is 16.5. The van der Waals surface area contributed by atoms with E-state index in [4.69, 9.17) is 14.2 Å². The summed E-state index contributed by atoms with van der Waals surface area (Å²) in [6.07, 6.45) is 10.6. The van der Waals surface area contributed by atoms with E-state index in [1.807, 2.05) is 19.2 Å². The molecular weight excluding hydrogens is 378 g/mol. The van der Waals surface area contributed by atoms with Crippen LogP contribution in [0.4, 0.5) is 0 Å². The van der Waals surface area contributed by atoms with Gasteiger partial charge in [0.2, 0.25) is 0 Å². The maximum Gasteiger partial charge on any atom is 0.191 e. The minimum Gasteiger partial charge on any atom is -0.493 e. The molecule has 1 aromatic rings. The lowest BCUT2D eigenvalue weighted by molar-refractivity contribution is -0.171. The number of nitrogens with one attached hydrogen (secondary N) is 2. The minimum absolute atomic E-state index is 0.297. The molecule has 164 valence electrons. The number of aliphatic imine (C=N–C) groups is 1. The number of rotatable bonds is 6. The van der Waals surface area contributed by atoms with Crippen molar-refractivity contribution in [1.29, 1.82) is 0 Å². The van der Waals surface area contributed by atoms with Crippen molar-refractivity contribution in [3.8, 4) is 11.5 Å². The molecule has 1 heterocycles. The average molecular weight is 414 g/mol. The van der Waals surface area contributed by atoms with Gasteiger partial charge in [-0.15, -0.1) is 0 Å². The molecule has 3 unspecified atom stereocenters. The number of benzene rings is 1. The van der Waals surface area contributed by atoms with Gasteiger partial charge in [0, 0.05) is 43.1 Å². The van der Waals surface area contributed by atoms with Crippen molar-refractivity contribution in [3.63, 3.8) is 0 Å². The first-order valence-electron chi connectivity index (χ1n) is 11.7. The summed E-state index contributed by atoms with van der Waals surface area (Å²) in [7, 11) is 3.56. The molecule has 3 atom stereocenters. The van der Waals surface area contributed by atoms with E-state index >= 15 is 0 Å². The lowest BCUT2D eigenvalue weighted by Crippen LogP contribution is -2.72. The van der Waals surface area contributed by atoms with Crippen LogP contribution in [0.15, 0.2) is 23.2 Å². The van der Waals surface area contributed by atoms with Crippen LogP contribution in [0.1, 0.15) is 56.9 Å². The third-order valence-corrected chi connectivity index (χ3v) is 7.87. The van der Waals surface area contributed by atoms with E-state index in [-0.39, 0.29) is 0 Å². The molecule has 30 heavy (non-hydrogen) atoms. The van der Waals surface area contributed by atoms with Gasteiger partial charge in [-0.05, 0) is 51.0 Å². The molecule has 2 N–H and O–H groups in total. The van der Waals surface area contributed by atoms with Crippen LogP contribution < -0.4 is 20.1 Å². The zero-order chi connectivity index (χ0) is 20.6. The standard InChI is InChI=1S/C24H35N3O3/c1-25-23(27-21-18-11-14-29-22(18)24(21)12-6-13-24)26-15-16-7-5-10-19(28-2)20(16)30-17-8-3-4-9-17/h5,7,10,17-18,21-22H,3-4,6,8-9,11-15H2,1-2H3,(H2,25,26,27). The van der Waals surface area contributed by atoms with Crippen LogP contribution in [0.3, 0.4) is 0 Å². The summed E-state index contributed by atoms with van der Waals surface area (Å²) in [5.41, 5.74) is 1.45. The molecule has 1 spiro atoms. The molecule has 1 aromatic carbocycles. The Bertz CT molecular complexity index is 786. The zero-order valence-electron chi connectivity index (χ0n) is 18.3. The van der Waals surface area contributed by atoms with E-state index in [0.717, 1.165) is 48.9 Å². The van der Waals surface area contributed by atoms with Gasteiger partial charge < -0.3 is 24.8 Å². The van der Waals surface area contributed by atoms with E-state index in [9.17, 15) is 0 Å². The summed E-state index contributed by atoms with van der Waals surface area (Å²) in [4.78, 5) is 4.52. The van der Waals surface area contributed by atoms with Crippen LogP contribution in [0.25, 0.3) is 0 Å². The Hall–Kier alpha value is -1.95. The topological polar surface area (TPSA) is 64.1 Å². The van der Waals surface area contributed by atoms with Crippen molar-refractivity contribution in [1.82, 2.24) is 10.6 Å². The van der Waals surface area contributed by atoms with Crippen molar-refractivity contribution in [3.05, 3.63) is 23.8 Å². The highest BCUT2D eigenvalue weighted by Gasteiger charge is 2.66. The second-order valence-corrected chi connectivity index (χ2v) is 9.35. The van der Waals surface area contributed by atoms with E-state index < -0.39 is 0 Å². The second kappa shape index (κ2) is 8.29. The number of ether oxygens (including phenoxy) is 3. The van der Waals surface area contributed by atoms with Gasteiger partial charge in [0.1, 0.15) is 0 Å². The van der Waals surface area contributed by atoms with Gasteiger partial charge in [0.05, 0.1) is 19.3 Å². The van der Waals surface area contributed by atoms with Crippen LogP contribution in [0.2, 0.25) is 0 Å². The predicted molar refractivity (Wildman–Crippen MR) is 117 cm³/mol. The average Bonchev–Trinajstić information content (AvgIpc) is 3.39. The van der Waals surface area contributed by atoms with Crippen LogP contribution in [0, 0.1) is 11.3 Å². The van der Waals surface area contributed by atoms with Crippen molar-refractivity contribution in [2.45, 2.75) is 76.2 Å². The Balaban J connectivity index is 1.26. The van der Waals surface area contributed by atoms with Gasteiger partial charge in [-0.2, -0.15) is 0 Å². The fraction of sp³-hybridized carbons (Fsp3) is 0.708. The molecule has 4 fully saturated rings. The molecule has 0 bridgehead atoms. The number of fused-ring (bicyclic) bond motifs is 2. The SMILES string of the molecule is CN=C(NCc1cccc(OC)c1OC1CCCC1)NC1C2CCOC2C12CCC2. The third-order valence-electron chi connectivity index (χ3n) is 7.87. The number of para-hydroxylation sites is 1. The maximum absolute atomic E-state index is 6.38. The smallest absolute Gasteiger partial charge is 0.191 e. The summed E-state index contributed by atoms with van der Waals surface area (Å²) in [5.74, 6) is 3.17. The second-order valence-electron chi connectivity index (χ2n) is 9.35. The summed E-state index contributed by atoms with van der Waals surface area (Å²) in [5, 5.41) is 7.28. The predicted octanol–water partition coefficient (Wildman–Crippen LogP) is 3.64. The number of hydrogen-bond acceptors (Lipinski definition) is 4. The molecule has 6 nitrogen and oxygen atoms in total. The summed E-state index contributed by atoms with van der Waals surface area (Å²) in [6.45, 7) is 1.57. The van der Waals surface area contributed by atoms with E-state index in [1.54, 1.807) is 7.11 Å². The molecule has 0 amide bonds. The molecule has 3 aliphatic carbocycles. The van der Waals surface area contributed by atoms with Crippen LogP contribution in [0.5, 0.6) is 11.5 Å². The van der Waals surface area contributed by atoms with Crippen molar-refractivity contribution in [2.24, 2.45) is 16.3 Å². The fourth-order valence-electron chi connectivity index (χ4n) is 6.14. The minimum atomic E-state index is 0.297. The largest absolute Gasteiger partial charge is 0.493 e. The molecule has 4 aliphatic rings.